The Morgan fingerprint density at radius 3 is 2.80 bits per heavy atom. The predicted molar refractivity (Wildman–Crippen MR) is 53.8 cm³/mol. The summed E-state index contributed by atoms with van der Waals surface area (Å²) in [4.78, 5) is 20.3. The molecule has 78 valence electrons. The van der Waals surface area contributed by atoms with Gasteiger partial charge in [0.25, 0.3) is 0 Å². The lowest BCUT2D eigenvalue weighted by Crippen LogP contribution is -2.34. The molecule has 0 atom stereocenters. The molecule has 0 radical (unpaired) electrons. The Labute approximate surface area is 87.3 Å². The van der Waals surface area contributed by atoms with E-state index in [-0.39, 0.29) is 12.2 Å². The molecule has 0 aliphatic carbocycles. The zero-order valence-corrected chi connectivity index (χ0v) is 8.34. The number of primary amides is 1. The van der Waals surface area contributed by atoms with Crippen molar-refractivity contribution in [2.45, 2.75) is 6.92 Å². The molecule has 1 amide bonds. The lowest BCUT2D eigenvalue weighted by molar-refractivity contribution is -0.116. The Morgan fingerprint density at radius 1 is 1.60 bits per heavy atom. The van der Waals surface area contributed by atoms with Crippen LogP contribution in [0, 0.1) is 11.3 Å². The first-order chi connectivity index (χ1) is 7.19. The number of carbonyl (C=O) groups is 1. The van der Waals surface area contributed by atoms with Crippen LogP contribution in [0.15, 0.2) is 12.4 Å². The molecule has 6 nitrogen and oxygen atoms in total. The first kappa shape index (κ1) is 10.9. The first-order valence-corrected chi connectivity index (χ1v) is 4.43. The molecule has 6 heteroatoms. The van der Waals surface area contributed by atoms with E-state index in [1.165, 1.54) is 12.4 Å². The summed E-state index contributed by atoms with van der Waals surface area (Å²) in [6.07, 6.45) is 2.90. The Balaban J connectivity index is 3.01. The molecule has 0 unspecified atom stereocenters. The summed E-state index contributed by atoms with van der Waals surface area (Å²) in [6.45, 7) is 2.42. The van der Waals surface area contributed by atoms with Gasteiger partial charge in [0.1, 0.15) is 6.07 Å². The van der Waals surface area contributed by atoms with Crippen molar-refractivity contribution in [3.8, 4) is 6.07 Å². The summed E-state index contributed by atoms with van der Waals surface area (Å²) in [5, 5.41) is 8.80. The summed E-state index contributed by atoms with van der Waals surface area (Å²) in [6, 6.07) is 1.92. The highest BCUT2D eigenvalue weighted by Gasteiger charge is 2.13. The maximum Gasteiger partial charge on any atom is 0.236 e. The van der Waals surface area contributed by atoms with Crippen molar-refractivity contribution in [3.63, 3.8) is 0 Å². The Morgan fingerprint density at radius 2 is 2.27 bits per heavy atom. The molecule has 1 rings (SSSR count). The van der Waals surface area contributed by atoms with Crippen molar-refractivity contribution >= 4 is 11.7 Å². The fourth-order valence-electron chi connectivity index (χ4n) is 1.17. The van der Waals surface area contributed by atoms with Gasteiger partial charge in [0.05, 0.1) is 6.54 Å². The van der Waals surface area contributed by atoms with E-state index in [1.807, 2.05) is 13.0 Å². The quantitative estimate of drug-likeness (QED) is 0.725. The van der Waals surface area contributed by atoms with Crippen LogP contribution in [0.5, 0.6) is 0 Å². The fourth-order valence-corrected chi connectivity index (χ4v) is 1.17. The van der Waals surface area contributed by atoms with Crippen LogP contribution in [0.4, 0.5) is 5.82 Å². The van der Waals surface area contributed by atoms with Crippen LogP contribution >= 0.6 is 0 Å². The SMILES string of the molecule is CCN(CC(N)=O)c1nccnc1C#N. The minimum absolute atomic E-state index is 0.0316. The minimum Gasteiger partial charge on any atom is -0.368 e. The van der Waals surface area contributed by atoms with E-state index in [4.69, 9.17) is 11.0 Å². The molecule has 1 aromatic rings. The van der Waals surface area contributed by atoms with Crippen molar-refractivity contribution in [2.24, 2.45) is 5.73 Å². The largest absolute Gasteiger partial charge is 0.368 e. The molecule has 0 saturated carbocycles. The van der Waals surface area contributed by atoms with Crippen LogP contribution in [-0.2, 0) is 4.79 Å². The van der Waals surface area contributed by atoms with Crippen LogP contribution in [0.3, 0.4) is 0 Å². The number of nitrogens with zero attached hydrogens (tertiary/aromatic N) is 4. The van der Waals surface area contributed by atoms with Crippen LogP contribution in [0.1, 0.15) is 12.6 Å². The van der Waals surface area contributed by atoms with E-state index in [9.17, 15) is 4.79 Å². The molecular weight excluding hydrogens is 194 g/mol. The average Bonchev–Trinajstić information content (AvgIpc) is 2.25. The van der Waals surface area contributed by atoms with Gasteiger partial charge in [0.2, 0.25) is 5.91 Å². The van der Waals surface area contributed by atoms with E-state index >= 15 is 0 Å². The molecule has 0 aliphatic rings. The highest BCUT2D eigenvalue weighted by atomic mass is 16.1. The molecule has 0 saturated heterocycles. The second-order valence-electron chi connectivity index (χ2n) is 2.82. The van der Waals surface area contributed by atoms with Crippen molar-refractivity contribution < 1.29 is 4.79 Å². The third-order valence-corrected chi connectivity index (χ3v) is 1.81. The van der Waals surface area contributed by atoms with Crippen molar-refractivity contribution in [3.05, 3.63) is 18.1 Å². The van der Waals surface area contributed by atoms with Crippen LogP contribution in [0.25, 0.3) is 0 Å². The standard InChI is InChI=1S/C9H11N5O/c1-2-14(6-8(11)15)9-7(5-10)12-3-4-13-9/h3-4H,2,6H2,1H3,(H2,11,15). The topological polar surface area (TPSA) is 95.9 Å². The van der Waals surface area contributed by atoms with Crippen molar-refractivity contribution in [2.75, 3.05) is 18.0 Å². The fraction of sp³-hybridized carbons (Fsp3) is 0.333. The third kappa shape index (κ3) is 2.64. The number of anilines is 1. The van der Waals surface area contributed by atoms with Gasteiger partial charge in [-0.05, 0) is 6.92 Å². The van der Waals surface area contributed by atoms with Gasteiger partial charge in [-0.15, -0.1) is 0 Å². The molecule has 15 heavy (non-hydrogen) atoms. The Hall–Kier alpha value is -2.16. The van der Waals surface area contributed by atoms with E-state index < -0.39 is 5.91 Å². The van der Waals surface area contributed by atoms with Gasteiger partial charge in [-0.25, -0.2) is 9.97 Å². The van der Waals surface area contributed by atoms with Gasteiger partial charge < -0.3 is 10.6 Å². The molecule has 0 spiro atoms. The summed E-state index contributed by atoms with van der Waals surface area (Å²) in [5.41, 5.74) is 5.28. The van der Waals surface area contributed by atoms with Crippen LogP contribution in [-0.4, -0.2) is 29.0 Å². The van der Waals surface area contributed by atoms with Gasteiger partial charge >= 0.3 is 0 Å². The van der Waals surface area contributed by atoms with Crippen molar-refractivity contribution in [1.29, 1.82) is 5.26 Å². The molecule has 2 N–H and O–H groups in total. The number of nitrogens with two attached hydrogens (primary N) is 1. The maximum atomic E-state index is 10.8. The zero-order chi connectivity index (χ0) is 11.3. The summed E-state index contributed by atoms with van der Waals surface area (Å²) >= 11 is 0. The monoisotopic (exact) mass is 205 g/mol. The molecule has 0 fully saturated rings. The lowest BCUT2D eigenvalue weighted by Gasteiger charge is -2.19. The van der Waals surface area contributed by atoms with Gasteiger partial charge in [-0.2, -0.15) is 5.26 Å². The van der Waals surface area contributed by atoms with E-state index in [1.54, 1.807) is 4.90 Å². The highest BCUT2D eigenvalue weighted by molar-refractivity contribution is 5.79. The van der Waals surface area contributed by atoms with Gasteiger partial charge in [0.15, 0.2) is 11.5 Å². The number of nitriles is 1. The van der Waals surface area contributed by atoms with E-state index in [2.05, 4.69) is 9.97 Å². The molecule has 1 heterocycles. The van der Waals surface area contributed by atoms with Crippen molar-refractivity contribution in [1.82, 2.24) is 9.97 Å². The van der Waals surface area contributed by atoms with Crippen LogP contribution in [0.2, 0.25) is 0 Å². The molecule has 0 aliphatic heterocycles. The van der Waals surface area contributed by atoms with Gasteiger partial charge in [-0.3, -0.25) is 4.79 Å². The number of carbonyl (C=O) groups excluding carboxylic acids is 1. The summed E-state index contributed by atoms with van der Waals surface area (Å²) in [7, 11) is 0. The Kier molecular flexibility index (Phi) is 3.57. The van der Waals surface area contributed by atoms with Gasteiger partial charge in [-0.1, -0.05) is 0 Å². The predicted octanol–water partition coefficient (Wildman–Crippen LogP) is -0.340. The number of hydrogen-bond acceptors (Lipinski definition) is 5. The van der Waals surface area contributed by atoms with Gasteiger partial charge in [0, 0.05) is 18.9 Å². The average molecular weight is 205 g/mol. The molecule has 0 bridgehead atoms. The number of rotatable bonds is 4. The smallest absolute Gasteiger partial charge is 0.236 e. The summed E-state index contributed by atoms with van der Waals surface area (Å²) < 4.78 is 0. The highest BCUT2D eigenvalue weighted by Crippen LogP contribution is 2.12. The number of hydrogen-bond donors (Lipinski definition) is 1. The molecule has 1 aromatic heterocycles. The maximum absolute atomic E-state index is 10.8. The second kappa shape index (κ2) is 4.91. The normalized spacial score (nSPS) is 9.33. The summed E-state index contributed by atoms with van der Waals surface area (Å²) in [5.74, 6) is -0.0762. The Bertz CT molecular complexity index is 398. The molecular formula is C9H11N5O. The third-order valence-electron chi connectivity index (χ3n) is 1.81. The van der Waals surface area contributed by atoms with Crippen LogP contribution < -0.4 is 10.6 Å². The number of amides is 1. The first-order valence-electron chi connectivity index (χ1n) is 4.43. The van der Waals surface area contributed by atoms with E-state index in [0.717, 1.165) is 0 Å². The zero-order valence-electron chi connectivity index (χ0n) is 8.34. The second-order valence-corrected chi connectivity index (χ2v) is 2.82. The number of aromatic nitrogens is 2. The minimum atomic E-state index is -0.466. The number of likely N-dealkylation sites (N-methyl/N-ethyl adjacent to an activating group) is 1. The van der Waals surface area contributed by atoms with E-state index in [0.29, 0.717) is 12.4 Å². The molecule has 0 aromatic carbocycles. The lowest BCUT2D eigenvalue weighted by atomic mass is 10.3.